The van der Waals surface area contributed by atoms with Gasteiger partial charge in [-0.15, -0.1) is 0 Å². The van der Waals surface area contributed by atoms with Crippen LogP contribution in [0.5, 0.6) is 0 Å². The summed E-state index contributed by atoms with van der Waals surface area (Å²) in [7, 11) is 3.92. The standard InChI is InChI=1S/C16H23N3O2/c1-11(2)15(19-10-9-14(19)20)17-16(21)12-5-7-13(8-6-12)18(3)4/h5-8,11,15H,9-10H2,1-4H3,(H,17,21)/t15-/m1/s1. The van der Waals surface area contributed by atoms with Gasteiger partial charge in [0.05, 0.1) is 0 Å². The lowest BCUT2D eigenvalue weighted by Crippen LogP contribution is -2.59. The Morgan fingerprint density at radius 3 is 2.24 bits per heavy atom. The van der Waals surface area contributed by atoms with E-state index < -0.39 is 0 Å². The van der Waals surface area contributed by atoms with Crippen molar-refractivity contribution in [1.82, 2.24) is 10.2 Å². The number of carbonyl (C=O) groups excluding carboxylic acids is 2. The van der Waals surface area contributed by atoms with E-state index in [0.717, 1.165) is 12.2 Å². The SMILES string of the molecule is CC(C)[C@H](NC(=O)c1ccc(N(C)C)cc1)N1CCC1=O. The fourth-order valence-corrected chi connectivity index (χ4v) is 2.36. The number of β-lactam (4-membered cyclic amide) rings is 1. The van der Waals surface area contributed by atoms with Gasteiger partial charge in [-0.1, -0.05) is 13.8 Å². The quantitative estimate of drug-likeness (QED) is 0.839. The molecule has 5 heteroatoms. The highest BCUT2D eigenvalue weighted by atomic mass is 16.2. The van der Waals surface area contributed by atoms with Crippen LogP contribution in [0.1, 0.15) is 30.6 Å². The molecule has 1 saturated heterocycles. The second-order valence-corrected chi connectivity index (χ2v) is 5.94. The highest BCUT2D eigenvalue weighted by Gasteiger charge is 2.33. The number of hydrogen-bond acceptors (Lipinski definition) is 3. The van der Waals surface area contributed by atoms with E-state index >= 15 is 0 Å². The highest BCUT2D eigenvalue weighted by molar-refractivity contribution is 5.95. The molecule has 1 fully saturated rings. The largest absolute Gasteiger partial charge is 0.378 e. The molecular formula is C16H23N3O2. The van der Waals surface area contributed by atoms with Crippen molar-refractivity contribution in [2.45, 2.75) is 26.4 Å². The Bertz CT molecular complexity index is 523. The summed E-state index contributed by atoms with van der Waals surface area (Å²) in [6.45, 7) is 4.74. The first-order valence-electron chi connectivity index (χ1n) is 7.28. The van der Waals surface area contributed by atoms with Crippen LogP contribution >= 0.6 is 0 Å². The van der Waals surface area contributed by atoms with Crippen LogP contribution in [-0.2, 0) is 4.79 Å². The zero-order chi connectivity index (χ0) is 15.6. The van der Waals surface area contributed by atoms with Crippen molar-refractivity contribution < 1.29 is 9.59 Å². The Kier molecular flexibility index (Phi) is 4.50. The van der Waals surface area contributed by atoms with E-state index in [-0.39, 0.29) is 23.9 Å². The first kappa shape index (κ1) is 15.4. The van der Waals surface area contributed by atoms with Crippen LogP contribution in [0.4, 0.5) is 5.69 Å². The third-order valence-electron chi connectivity index (χ3n) is 3.78. The number of carbonyl (C=O) groups is 2. The van der Waals surface area contributed by atoms with Crippen LogP contribution < -0.4 is 10.2 Å². The Balaban J connectivity index is 2.06. The molecule has 2 amide bonds. The summed E-state index contributed by atoms with van der Waals surface area (Å²) in [5.41, 5.74) is 1.66. The number of nitrogens with one attached hydrogen (secondary N) is 1. The van der Waals surface area contributed by atoms with Gasteiger partial charge in [0, 0.05) is 38.3 Å². The molecule has 21 heavy (non-hydrogen) atoms. The van der Waals surface area contributed by atoms with Gasteiger partial charge in [-0.2, -0.15) is 0 Å². The highest BCUT2D eigenvalue weighted by Crippen LogP contribution is 2.18. The summed E-state index contributed by atoms with van der Waals surface area (Å²) < 4.78 is 0. The van der Waals surface area contributed by atoms with E-state index in [1.807, 2.05) is 45.0 Å². The molecular weight excluding hydrogens is 266 g/mol. The third-order valence-corrected chi connectivity index (χ3v) is 3.78. The van der Waals surface area contributed by atoms with Gasteiger partial charge in [0.25, 0.3) is 5.91 Å². The molecule has 0 radical (unpaired) electrons. The van der Waals surface area contributed by atoms with Crippen LogP contribution in [0.15, 0.2) is 24.3 Å². The maximum atomic E-state index is 12.3. The molecule has 5 nitrogen and oxygen atoms in total. The van der Waals surface area contributed by atoms with Gasteiger partial charge in [-0.05, 0) is 30.2 Å². The topological polar surface area (TPSA) is 52.7 Å². The predicted molar refractivity (Wildman–Crippen MR) is 83.2 cm³/mol. The third kappa shape index (κ3) is 3.35. The molecule has 1 aliphatic rings. The van der Waals surface area contributed by atoms with Gasteiger partial charge in [0.2, 0.25) is 5.91 Å². The minimum Gasteiger partial charge on any atom is -0.378 e. The molecule has 1 N–H and O–H groups in total. The number of nitrogens with zero attached hydrogens (tertiary/aromatic N) is 2. The molecule has 1 aromatic rings. The normalized spacial score (nSPS) is 15.7. The van der Waals surface area contributed by atoms with Crippen LogP contribution in [-0.4, -0.2) is 43.5 Å². The molecule has 1 aromatic carbocycles. The van der Waals surface area contributed by atoms with E-state index in [4.69, 9.17) is 0 Å². The Morgan fingerprint density at radius 2 is 1.86 bits per heavy atom. The minimum atomic E-state index is -0.229. The van der Waals surface area contributed by atoms with Gasteiger partial charge in [0.1, 0.15) is 6.17 Å². The van der Waals surface area contributed by atoms with Crippen molar-refractivity contribution in [2.75, 3.05) is 25.5 Å². The monoisotopic (exact) mass is 289 g/mol. The van der Waals surface area contributed by atoms with Crippen LogP contribution in [0.3, 0.4) is 0 Å². The molecule has 1 heterocycles. The van der Waals surface area contributed by atoms with Crippen molar-refractivity contribution in [1.29, 1.82) is 0 Å². The second kappa shape index (κ2) is 6.16. The molecule has 0 aromatic heterocycles. The fourth-order valence-electron chi connectivity index (χ4n) is 2.36. The van der Waals surface area contributed by atoms with Crippen LogP contribution in [0.2, 0.25) is 0 Å². The minimum absolute atomic E-state index is 0.108. The molecule has 0 saturated carbocycles. The first-order chi connectivity index (χ1) is 9.90. The van der Waals surface area contributed by atoms with Crippen LogP contribution in [0, 0.1) is 5.92 Å². The number of rotatable bonds is 5. The Labute approximate surface area is 125 Å². The lowest BCUT2D eigenvalue weighted by molar-refractivity contribution is -0.144. The summed E-state index contributed by atoms with van der Waals surface area (Å²) in [5, 5.41) is 2.97. The van der Waals surface area contributed by atoms with Gasteiger partial charge in [-0.3, -0.25) is 9.59 Å². The van der Waals surface area contributed by atoms with Crippen molar-refractivity contribution in [3.8, 4) is 0 Å². The van der Waals surface area contributed by atoms with E-state index in [0.29, 0.717) is 12.0 Å². The molecule has 1 aliphatic heterocycles. The van der Waals surface area contributed by atoms with E-state index in [1.165, 1.54) is 0 Å². The molecule has 0 aliphatic carbocycles. The summed E-state index contributed by atoms with van der Waals surface area (Å²) in [6.07, 6.45) is 0.351. The lowest BCUT2D eigenvalue weighted by atomic mass is 10.0. The lowest BCUT2D eigenvalue weighted by Gasteiger charge is -2.40. The summed E-state index contributed by atoms with van der Waals surface area (Å²) in [6, 6.07) is 7.43. The van der Waals surface area contributed by atoms with Crippen molar-refractivity contribution in [3.63, 3.8) is 0 Å². The Morgan fingerprint density at radius 1 is 1.24 bits per heavy atom. The van der Waals surface area contributed by atoms with Crippen molar-refractivity contribution >= 4 is 17.5 Å². The van der Waals surface area contributed by atoms with E-state index in [2.05, 4.69) is 5.32 Å². The van der Waals surface area contributed by atoms with Crippen molar-refractivity contribution in [3.05, 3.63) is 29.8 Å². The average Bonchev–Trinajstić information content (AvgIpc) is 2.44. The summed E-state index contributed by atoms with van der Waals surface area (Å²) in [5.74, 6) is 0.148. The van der Waals surface area contributed by atoms with Gasteiger partial charge in [-0.25, -0.2) is 0 Å². The molecule has 0 unspecified atom stereocenters. The van der Waals surface area contributed by atoms with E-state index in [1.54, 1.807) is 17.0 Å². The average molecular weight is 289 g/mol. The molecule has 2 rings (SSSR count). The molecule has 114 valence electrons. The maximum Gasteiger partial charge on any atom is 0.252 e. The van der Waals surface area contributed by atoms with Gasteiger partial charge < -0.3 is 15.1 Å². The van der Waals surface area contributed by atoms with Crippen molar-refractivity contribution in [2.24, 2.45) is 5.92 Å². The van der Waals surface area contributed by atoms with Gasteiger partial charge in [0.15, 0.2) is 0 Å². The zero-order valence-corrected chi connectivity index (χ0v) is 13.1. The summed E-state index contributed by atoms with van der Waals surface area (Å²) >= 11 is 0. The number of likely N-dealkylation sites (tertiary alicyclic amines) is 1. The zero-order valence-electron chi connectivity index (χ0n) is 13.1. The smallest absolute Gasteiger partial charge is 0.252 e. The number of hydrogen-bond donors (Lipinski definition) is 1. The Hall–Kier alpha value is -2.04. The number of anilines is 1. The molecule has 1 atom stereocenters. The second-order valence-electron chi connectivity index (χ2n) is 5.94. The maximum absolute atomic E-state index is 12.3. The van der Waals surface area contributed by atoms with Gasteiger partial charge >= 0.3 is 0 Å². The van der Waals surface area contributed by atoms with E-state index in [9.17, 15) is 9.59 Å². The first-order valence-corrected chi connectivity index (χ1v) is 7.28. The molecule has 0 spiro atoms. The fraction of sp³-hybridized carbons (Fsp3) is 0.500. The number of amides is 2. The predicted octanol–water partition coefficient (Wildman–Crippen LogP) is 1.70. The van der Waals surface area contributed by atoms with Crippen LogP contribution in [0.25, 0.3) is 0 Å². The molecule has 0 bridgehead atoms. The summed E-state index contributed by atoms with van der Waals surface area (Å²) in [4.78, 5) is 27.6. The number of benzene rings is 1.